The van der Waals surface area contributed by atoms with Gasteiger partial charge in [-0.05, 0) is 35.4 Å². The number of thiocarbonyl (C=S) groups is 1. The minimum absolute atomic E-state index is 0.0488. The maximum atomic E-state index is 12.9. The number of rotatable bonds is 7. The van der Waals surface area contributed by atoms with E-state index < -0.39 is 22.8 Å². The zero-order chi connectivity index (χ0) is 22.5. The fourth-order valence-electron chi connectivity index (χ4n) is 2.89. The SMILES string of the molecule is O=C(O)C(Cc1ccccc1)N1C(=O)C(=CC(Cl)=Cc2ccc([N+](=O)[O-])cc2)SC1=S. The predicted octanol–water partition coefficient (Wildman–Crippen LogP) is 4.61. The van der Waals surface area contributed by atoms with Gasteiger partial charge in [-0.1, -0.05) is 65.9 Å². The van der Waals surface area contributed by atoms with Gasteiger partial charge in [0.1, 0.15) is 10.4 Å². The Morgan fingerprint density at radius 3 is 2.45 bits per heavy atom. The van der Waals surface area contributed by atoms with Crippen LogP contribution in [0.25, 0.3) is 6.08 Å². The number of nitrogens with zero attached hydrogens (tertiary/aromatic N) is 2. The number of hydrogen-bond donors (Lipinski definition) is 1. The molecule has 0 bridgehead atoms. The molecule has 31 heavy (non-hydrogen) atoms. The summed E-state index contributed by atoms with van der Waals surface area (Å²) in [5.74, 6) is -1.69. The molecule has 0 spiro atoms. The first kappa shape index (κ1) is 22.7. The number of non-ortho nitro benzene ring substituents is 1. The summed E-state index contributed by atoms with van der Waals surface area (Å²) in [5, 5.41) is 20.6. The molecule has 1 N–H and O–H groups in total. The van der Waals surface area contributed by atoms with Crippen molar-refractivity contribution in [2.24, 2.45) is 0 Å². The van der Waals surface area contributed by atoms with Crippen molar-refractivity contribution < 1.29 is 19.6 Å². The van der Waals surface area contributed by atoms with E-state index in [0.717, 1.165) is 22.2 Å². The molecular formula is C21H15ClN2O5S2. The molecule has 0 radical (unpaired) electrons. The molecule has 1 saturated heterocycles. The maximum Gasteiger partial charge on any atom is 0.327 e. The van der Waals surface area contributed by atoms with Gasteiger partial charge in [0.15, 0.2) is 0 Å². The fourth-order valence-corrected chi connectivity index (χ4v) is 4.54. The summed E-state index contributed by atoms with van der Waals surface area (Å²) in [4.78, 5) is 36.3. The molecule has 10 heteroatoms. The monoisotopic (exact) mass is 474 g/mol. The number of thioether (sulfide) groups is 1. The number of aliphatic carboxylic acids is 1. The Balaban J connectivity index is 1.81. The molecule has 2 aromatic rings. The van der Waals surface area contributed by atoms with E-state index in [2.05, 4.69) is 0 Å². The van der Waals surface area contributed by atoms with Crippen molar-refractivity contribution in [2.45, 2.75) is 12.5 Å². The summed E-state index contributed by atoms with van der Waals surface area (Å²) in [5.41, 5.74) is 1.33. The third-order valence-corrected chi connectivity index (χ3v) is 5.92. The highest BCUT2D eigenvalue weighted by atomic mass is 35.5. The Morgan fingerprint density at radius 2 is 1.87 bits per heavy atom. The lowest BCUT2D eigenvalue weighted by Crippen LogP contribution is -2.45. The minimum Gasteiger partial charge on any atom is -0.480 e. The zero-order valence-electron chi connectivity index (χ0n) is 15.8. The number of carbonyl (C=O) groups excluding carboxylic acids is 1. The second kappa shape index (κ2) is 9.86. The van der Waals surface area contributed by atoms with Gasteiger partial charge in [0.2, 0.25) is 0 Å². The molecule has 0 saturated carbocycles. The van der Waals surface area contributed by atoms with Gasteiger partial charge in [0.25, 0.3) is 11.6 Å². The van der Waals surface area contributed by atoms with Crippen LogP contribution in [0, 0.1) is 10.1 Å². The van der Waals surface area contributed by atoms with E-state index in [1.807, 2.05) is 6.07 Å². The number of carbonyl (C=O) groups is 2. The highest BCUT2D eigenvalue weighted by Gasteiger charge is 2.40. The van der Waals surface area contributed by atoms with Gasteiger partial charge in [0.05, 0.1) is 9.83 Å². The third-order valence-electron chi connectivity index (χ3n) is 4.37. The molecule has 7 nitrogen and oxygen atoms in total. The smallest absolute Gasteiger partial charge is 0.327 e. The Hall–Kier alpha value is -3.01. The van der Waals surface area contributed by atoms with Gasteiger partial charge in [0, 0.05) is 23.6 Å². The summed E-state index contributed by atoms with van der Waals surface area (Å²) < 4.78 is 0.138. The average Bonchev–Trinajstić information content (AvgIpc) is 3.00. The number of benzene rings is 2. The lowest BCUT2D eigenvalue weighted by molar-refractivity contribution is -0.384. The first-order valence-electron chi connectivity index (χ1n) is 8.91. The maximum absolute atomic E-state index is 12.9. The molecule has 2 aromatic carbocycles. The molecule has 1 heterocycles. The molecule has 158 valence electrons. The molecule has 0 aliphatic carbocycles. The zero-order valence-corrected chi connectivity index (χ0v) is 18.2. The van der Waals surface area contributed by atoms with Crippen LogP contribution in [0.4, 0.5) is 5.69 Å². The van der Waals surface area contributed by atoms with E-state index in [-0.39, 0.29) is 26.4 Å². The van der Waals surface area contributed by atoms with Crippen LogP contribution in [0.2, 0.25) is 0 Å². The standard InChI is InChI=1S/C21H15ClN2O5S2/c22-15(10-14-6-8-16(9-7-14)24(28)29)12-18-19(25)23(21(30)31-18)17(20(26)27)11-13-4-2-1-3-5-13/h1-10,12,17H,11H2,(H,26,27). The Labute approximate surface area is 192 Å². The second-order valence-corrected chi connectivity index (χ2v) is 8.59. The summed E-state index contributed by atoms with van der Waals surface area (Å²) in [6.07, 6.45) is 3.06. The normalized spacial score (nSPS) is 16.6. The van der Waals surface area contributed by atoms with Gasteiger partial charge in [-0.15, -0.1) is 0 Å². The molecule has 1 atom stereocenters. The number of carboxylic acid groups (broad SMARTS) is 1. The van der Waals surface area contributed by atoms with Gasteiger partial charge >= 0.3 is 5.97 Å². The number of allylic oxidation sites excluding steroid dienone is 2. The van der Waals surface area contributed by atoms with Crippen molar-refractivity contribution in [1.29, 1.82) is 0 Å². The van der Waals surface area contributed by atoms with Crippen LogP contribution in [-0.4, -0.2) is 37.2 Å². The molecule has 1 unspecified atom stereocenters. The largest absolute Gasteiger partial charge is 0.480 e. The van der Waals surface area contributed by atoms with Crippen LogP contribution >= 0.6 is 35.6 Å². The van der Waals surface area contributed by atoms with Crippen molar-refractivity contribution in [1.82, 2.24) is 4.90 Å². The van der Waals surface area contributed by atoms with Gasteiger partial charge < -0.3 is 5.11 Å². The van der Waals surface area contributed by atoms with Crippen molar-refractivity contribution in [3.05, 3.63) is 91.9 Å². The fraction of sp³-hybridized carbons (Fsp3) is 0.0952. The van der Waals surface area contributed by atoms with Crippen LogP contribution in [0.1, 0.15) is 11.1 Å². The van der Waals surface area contributed by atoms with E-state index >= 15 is 0 Å². The summed E-state index contributed by atoms with van der Waals surface area (Å²) in [7, 11) is 0. The average molecular weight is 475 g/mol. The molecule has 1 aliphatic heterocycles. The van der Waals surface area contributed by atoms with E-state index in [9.17, 15) is 24.8 Å². The number of halogens is 1. The van der Waals surface area contributed by atoms with E-state index in [4.69, 9.17) is 23.8 Å². The first-order valence-corrected chi connectivity index (χ1v) is 10.5. The molecule has 3 rings (SSSR count). The number of carboxylic acids is 1. The van der Waals surface area contributed by atoms with Crippen LogP contribution < -0.4 is 0 Å². The van der Waals surface area contributed by atoms with Gasteiger partial charge in [-0.25, -0.2) is 4.79 Å². The summed E-state index contributed by atoms with van der Waals surface area (Å²) in [6.45, 7) is 0. The number of nitro groups is 1. The lowest BCUT2D eigenvalue weighted by atomic mass is 10.0. The third kappa shape index (κ3) is 5.57. The second-order valence-electron chi connectivity index (χ2n) is 6.47. The van der Waals surface area contributed by atoms with E-state index in [0.29, 0.717) is 5.56 Å². The Bertz CT molecular complexity index is 1100. The first-order chi connectivity index (χ1) is 14.8. The van der Waals surface area contributed by atoms with Crippen molar-refractivity contribution in [2.75, 3.05) is 0 Å². The molecule has 1 aliphatic rings. The quantitative estimate of drug-likeness (QED) is 0.270. The van der Waals surface area contributed by atoms with Crippen molar-refractivity contribution >= 4 is 63.5 Å². The minimum atomic E-state index is -1.16. The highest BCUT2D eigenvalue weighted by Crippen LogP contribution is 2.35. The van der Waals surface area contributed by atoms with Gasteiger partial charge in [-0.2, -0.15) is 0 Å². The molecule has 0 aromatic heterocycles. The predicted molar refractivity (Wildman–Crippen MR) is 124 cm³/mol. The van der Waals surface area contributed by atoms with Crippen molar-refractivity contribution in [3.63, 3.8) is 0 Å². The van der Waals surface area contributed by atoms with Crippen LogP contribution in [0.5, 0.6) is 0 Å². The summed E-state index contributed by atoms with van der Waals surface area (Å²) >= 11 is 12.5. The Kier molecular flexibility index (Phi) is 7.21. The highest BCUT2D eigenvalue weighted by molar-refractivity contribution is 8.26. The van der Waals surface area contributed by atoms with E-state index in [1.54, 1.807) is 24.3 Å². The van der Waals surface area contributed by atoms with Crippen molar-refractivity contribution in [3.8, 4) is 0 Å². The Morgan fingerprint density at radius 1 is 1.23 bits per heavy atom. The van der Waals surface area contributed by atoms with Crippen LogP contribution in [-0.2, 0) is 16.0 Å². The molecule has 1 amide bonds. The van der Waals surface area contributed by atoms with E-state index in [1.165, 1.54) is 36.4 Å². The number of amides is 1. The number of nitro benzene ring substituents is 1. The molecular weight excluding hydrogens is 460 g/mol. The van der Waals surface area contributed by atoms with Gasteiger partial charge in [-0.3, -0.25) is 19.8 Å². The lowest BCUT2D eigenvalue weighted by Gasteiger charge is -2.23. The summed E-state index contributed by atoms with van der Waals surface area (Å²) in [6, 6.07) is 13.6. The van der Waals surface area contributed by atoms with Crippen LogP contribution in [0.3, 0.4) is 0 Å². The number of hydrogen-bond acceptors (Lipinski definition) is 6. The molecule has 1 fully saturated rings. The topological polar surface area (TPSA) is 101 Å². The van der Waals surface area contributed by atoms with Crippen LogP contribution in [0.15, 0.2) is 70.6 Å².